The number of hydrogen-bond acceptors (Lipinski definition) is 5. The summed E-state index contributed by atoms with van der Waals surface area (Å²) in [5, 5.41) is 9.82. The molecule has 132 valence electrons. The molecule has 1 N–H and O–H groups in total. The van der Waals surface area contributed by atoms with Crippen molar-refractivity contribution in [3.63, 3.8) is 0 Å². The molecular formula is C19H17N3O2S2. The van der Waals surface area contributed by atoms with Crippen LogP contribution in [-0.2, 0) is 16.0 Å². The Kier molecular flexibility index (Phi) is 4.81. The van der Waals surface area contributed by atoms with Gasteiger partial charge in [0.25, 0.3) is 0 Å². The molecule has 0 unspecified atom stereocenters. The van der Waals surface area contributed by atoms with Crippen LogP contribution in [-0.4, -0.2) is 23.3 Å². The van der Waals surface area contributed by atoms with Crippen molar-refractivity contribution < 1.29 is 9.59 Å². The minimum absolute atomic E-state index is 0.0998. The Bertz CT molecular complexity index is 917. The summed E-state index contributed by atoms with van der Waals surface area (Å²) in [7, 11) is 0. The molecule has 1 aliphatic rings. The number of thiophene rings is 1. The molecule has 0 radical (unpaired) electrons. The van der Waals surface area contributed by atoms with Gasteiger partial charge in [0.1, 0.15) is 5.01 Å². The number of nitrogens with zero attached hydrogens (tertiary/aromatic N) is 2. The zero-order chi connectivity index (χ0) is 17.9. The highest BCUT2D eigenvalue weighted by Crippen LogP contribution is 2.26. The lowest BCUT2D eigenvalue weighted by molar-refractivity contribution is -0.117. The van der Waals surface area contributed by atoms with Crippen molar-refractivity contribution in [2.24, 2.45) is 0 Å². The van der Waals surface area contributed by atoms with Crippen LogP contribution in [0.1, 0.15) is 18.5 Å². The summed E-state index contributed by atoms with van der Waals surface area (Å²) in [5.41, 5.74) is 3.47. The van der Waals surface area contributed by atoms with E-state index >= 15 is 0 Å². The van der Waals surface area contributed by atoms with Crippen molar-refractivity contribution >= 4 is 45.9 Å². The number of amides is 2. The molecule has 1 fully saturated rings. The number of benzene rings is 1. The Morgan fingerprint density at radius 1 is 1.19 bits per heavy atom. The zero-order valence-electron chi connectivity index (χ0n) is 14.0. The smallest absolute Gasteiger partial charge is 0.230 e. The van der Waals surface area contributed by atoms with Gasteiger partial charge in [0.05, 0.1) is 12.1 Å². The maximum Gasteiger partial charge on any atom is 0.230 e. The molecule has 1 aromatic carbocycles. The molecule has 2 amide bonds. The van der Waals surface area contributed by atoms with E-state index in [4.69, 9.17) is 0 Å². The molecule has 1 saturated heterocycles. The van der Waals surface area contributed by atoms with E-state index < -0.39 is 0 Å². The fourth-order valence-corrected chi connectivity index (χ4v) is 4.45. The molecule has 0 spiro atoms. The lowest BCUT2D eigenvalue weighted by atomic mass is 10.2. The summed E-state index contributed by atoms with van der Waals surface area (Å²) in [6.07, 6.45) is 1.75. The summed E-state index contributed by atoms with van der Waals surface area (Å²) < 4.78 is 0. The van der Waals surface area contributed by atoms with Crippen LogP contribution in [0.2, 0.25) is 0 Å². The highest BCUT2D eigenvalue weighted by Gasteiger charge is 2.21. The van der Waals surface area contributed by atoms with Crippen LogP contribution < -0.4 is 10.2 Å². The summed E-state index contributed by atoms with van der Waals surface area (Å²) in [6, 6.07) is 9.43. The third kappa shape index (κ3) is 3.68. The first-order valence-electron chi connectivity index (χ1n) is 8.36. The lowest BCUT2D eigenvalue weighted by Crippen LogP contribution is -2.23. The van der Waals surface area contributed by atoms with Gasteiger partial charge in [0, 0.05) is 40.7 Å². The van der Waals surface area contributed by atoms with Gasteiger partial charge in [0.2, 0.25) is 11.8 Å². The van der Waals surface area contributed by atoms with E-state index in [1.54, 1.807) is 27.6 Å². The Morgan fingerprint density at radius 2 is 2.04 bits per heavy atom. The molecule has 0 atom stereocenters. The molecule has 1 aliphatic heterocycles. The van der Waals surface area contributed by atoms with E-state index in [-0.39, 0.29) is 18.2 Å². The van der Waals surface area contributed by atoms with Crippen LogP contribution >= 0.6 is 22.7 Å². The molecule has 5 nitrogen and oxygen atoms in total. The maximum atomic E-state index is 12.3. The fourth-order valence-electron chi connectivity index (χ4n) is 2.92. The number of carbonyl (C=O) groups is 2. The standard InChI is InChI=1S/C19H17N3O2S2/c23-17(10-15-12-26-19(21-15)13-7-9-25-11-13)20-14-3-5-16(6-4-14)22-8-1-2-18(22)24/h3-7,9,11-12H,1-2,8,10H2,(H,20,23). The minimum atomic E-state index is -0.0998. The van der Waals surface area contributed by atoms with Crippen molar-refractivity contribution in [2.45, 2.75) is 19.3 Å². The van der Waals surface area contributed by atoms with Crippen molar-refractivity contribution in [3.05, 3.63) is 52.2 Å². The van der Waals surface area contributed by atoms with Crippen LogP contribution in [0, 0.1) is 0 Å². The summed E-state index contributed by atoms with van der Waals surface area (Å²) >= 11 is 3.18. The van der Waals surface area contributed by atoms with E-state index in [9.17, 15) is 9.59 Å². The van der Waals surface area contributed by atoms with Gasteiger partial charge in [-0.2, -0.15) is 11.3 Å². The Balaban J connectivity index is 1.37. The molecule has 3 heterocycles. The summed E-state index contributed by atoms with van der Waals surface area (Å²) in [4.78, 5) is 30.4. The second-order valence-corrected chi connectivity index (χ2v) is 7.71. The minimum Gasteiger partial charge on any atom is -0.326 e. The van der Waals surface area contributed by atoms with E-state index in [2.05, 4.69) is 15.7 Å². The van der Waals surface area contributed by atoms with Crippen molar-refractivity contribution in [3.8, 4) is 10.6 Å². The Hall–Kier alpha value is -2.51. The molecule has 7 heteroatoms. The van der Waals surface area contributed by atoms with Gasteiger partial charge in [0.15, 0.2) is 0 Å². The van der Waals surface area contributed by atoms with Gasteiger partial charge in [-0.3, -0.25) is 9.59 Å². The average molecular weight is 383 g/mol. The molecule has 0 bridgehead atoms. The number of aromatic nitrogens is 1. The molecule has 4 rings (SSSR count). The SMILES string of the molecule is O=C(Cc1csc(-c2ccsc2)n1)Nc1ccc(N2CCCC2=O)cc1. The first kappa shape index (κ1) is 16.9. The number of rotatable bonds is 5. The van der Waals surface area contributed by atoms with Gasteiger partial charge >= 0.3 is 0 Å². The van der Waals surface area contributed by atoms with E-state index in [0.717, 1.165) is 40.6 Å². The topological polar surface area (TPSA) is 62.3 Å². The number of carbonyl (C=O) groups excluding carboxylic acids is 2. The summed E-state index contributed by atoms with van der Waals surface area (Å²) in [6.45, 7) is 0.765. The first-order valence-corrected chi connectivity index (χ1v) is 10.2. The first-order chi connectivity index (χ1) is 12.7. The number of thiazole rings is 1. The van der Waals surface area contributed by atoms with Crippen molar-refractivity contribution in [2.75, 3.05) is 16.8 Å². The van der Waals surface area contributed by atoms with E-state index in [0.29, 0.717) is 6.42 Å². The normalized spacial score (nSPS) is 14.0. The van der Waals surface area contributed by atoms with Gasteiger partial charge < -0.3 is 10.2 Å². The van der Waals surface area contributed by atoms with Crippen molar-refractivity contribution in [1.29, 1.82) is 0 Å². The second kappa shape index (κ2) is 7.39. The zero-order valence-corrected chi connectivity index (χ0v) is 15.6. The van der Waals surface area contributed by atoms with Crippen LogP contribution in [0.15, 0.2) is 46.5 Å². The largest absolute Gasteiger partial charge is 0.326 e. The maximum absolute atomic E-state index is 12.3. The van der Waals surface area contributed by atoms with Gasteiger partial charge in [-0.25, -0.2) is 4.98 Å². The highest BCUT2D eigenvalue weighted by molar-refractivity contribution is 7.14. The van der Waals surface area contributed by atoms with Crippen LogP contribution in [0.25, 0.3) is 10.6 Å². The van der Waals surface area contributed by atoms with Gasteiger partial charge in [-0.15, -0.1) is 11.3 Å². The molecule has 3 aromatic rings. The van der Waals surface area contributed by atoms with Gasteiger partial charge in [-0.1, -0.05) is 0 Å². The van der Waals surface area contributed by atoms with Crippen LogP contribution in [0.5, 0.6) is 0 Å². The molecule has 0 saturated carbocycles. The monoisotopic (exact) mass is 383 g/mol. The van der Waals surface area contributed by atoms with Crippen LogP contribution in [0.4, 0.5) is 11.4 Å². The third-order valence-electron chi connectivity index (χ3n) is 4.20. The molecule has 0 aliphatic carbocycles. The highest BCUT2D eigenvalue weighted by atomic mass is 32.1. The predicted octanol–water partition coefficient (Wildman–Crippen LogP) is 4.18. The number of hydrogen-bond donors (Lipinski definition) is 1. The Morgan fingerprint density at radius 3 is 2.73 bits per heavy atom. The Labute approximate surface area is 159 Å². The predicted molar refractivity (Wildman–Crippen MR) is 106 cm³/mol. The lowest BCUT2D eigenvalue weighted by Gasteiger charge is -2.16. The second-order valence-electron chi connectivity index (χ2n) is 6.08. The van der Waals surface area contributed by atoms with E-state index in [1.165, 1.54) is 0 Å². The fraction of sp³-hybridized carbons (Fsp3) is 0.211. The summed E-state index contributed by atoms with van der Waals surface area (Å²) in [5.74, 6) is 0.0592. The van der Waals surface area contributed by atoms with Gasteiger partial charge in [-0.05, 0) is 42.1 Å². The van der Waals surface area contributed by atoms with Crippen molar-refractivity contribution in [1.82, 2.24) is 4.98 Å². The average Bonchev–Trinajstić information content (AvgIpc) is 3.37. The number of anilines is 2. The molecule has 2 aromatic heterocycles. The van der Waals surface area contributed by atoms with Crippen LogP contribution in [0.3, 0.4) is 0 Å². The van der Waals surface area contributed by atoms with E-state index in [1.807, 2.05) is 41.1 Å². The number of nitrogens with one attached hydrogen (secondary N) is 1. The molecule has 26 heavy (non-hydrogen) atoms. The third-order valence-corrected chi connectivity index (χ3v) is 5.82. The quantitative estimate of drug-likeness (QED) is 0.719. The molecular weight excluding hydrogens is 366 g/mol.